The van der Waals surface area contributed by atoms with Gasteiger partial charge in [0.05, 0.1) is 5.92 Å². The molecular weight excluding hydrogens is 104 g/mol. The first-order valence-corrected chi connectivity index (χ1v) is 2.73. The molecular formula is C5H10N2O. The van der Waals surface area contributed by atoms with E-state index in [4.69, 9.17) is 0 Å². The summed E-state index contributed by atoms with van der Waals surface area (Å²) in [7, 11) is 1.74. The third-order valence-electron chi connectivity index (χ3n) is 1.39. The molecule has 1 rings (SSSR count). The maximum absolute atomic E-state index is 10.8. The lowest BCUT2D eigenvalue weighted by Crippen LogP contribution is -2.29. The van der Waals surface area contributed by atoms with Crippen LogP contribution in [-0.4, -0.2) is 24.5 Å². The van der Waals surface area contributed by atoms with Gasteiger partial charge in [0.25, 0.3) is 0 Å². The molecule has 1 unspecified atom stereocenters. The van der Waals surface area contributed by atoms with E-state index in [0.717, 1.165) is 6.54 Å². The van der Waals surface area contributed by atoms with Crippen LogP contribution >= 0.6 is 0 Å². The number of hydrogen-bond donors (Lipinski definition) is 1. The molecule has 3 heteroatoms. The average Bonchev–Trinajstić information content (AvgIpc) is 1.98. The molecule has 0 spiro atoms. The first-order valence-electron chi connectivity index (χ1n) is 2.73. The van der Waals surface area contributed by atoms with E-state index in [-0.39, 0.29) is 11.8 Å². The first-order chi connectivity index (χ1) is 3.72. The van der Waals surface area contributed by atoms with Crippen molar-refractivity contribution < 1.29 is 4.79 Å². The summed E-state index contributed by atoms with van der Waals surface area (Å²) in [6.45, 7) is 2.70. The molecule has 1 fully saturated rings. The standard InChI is InChI=1S/C5H10N2O/c1-4-3-6-7(2)5(4)8/h4,6H,3H2,1-2H3. The predicted molar refractivity (Wildman–Crippen MR) is 29.9 cm³/mol. The molecule has 1 N–H and O–H groups in total. The Morgan fingerprint density at radius 2 is 2.50 bits per heavy atom. The Labute approximate surface area is 48.6 Å². The summed E-state index contributed by atoms with van der Waals surface area (Å²) >= 11 is 0. The quantitative estimate of drug-likeness (QED) is 0.464. The molecule has 0 bridgehead atoms. The molecule has 1 heterocycles. The van der Waals surface area contributed by atoms with Crippen molar-refractivity contribution in [3.63, 3.8) is 0 Å². The van der Waals surface area contributed by atoms with E-state index in [2.05, 4.69) is 5.43 Å². The van der Waals surface area contributed by atoms with Crippen LogP contribution in [0.3, 0.4) is 0 Å². The van der Waals surface area contributed by atoms with E-state index >= 15 is 0 Å². The van der Waals surface area contributed by atoms with Crippen molar-refractivity contribution in [1.82, 2.24) is 10.4 Å². The predicted octanol–water partition coefficient (Wildman–Crippen LogP) is -0.401. The van der Waals surface area contributed by atoms with E-state index < -0.39 is 0 Å². The van der Waals surface area contributed by atoms with Gasteiger partial charge in [-0.25, -0.2) is 5.43 Å². The maximum atomic E-state index is 10.8. The monoisotopic (exact) mass is 114 g/mol. The average molecular weight is 114 g/mol. The summed E-state index contributed by atoms with van der Waals surface area (Å²) in [5.74, 6) is 0.352. The Morgan fingerprint density at radius 3 is 2.62 bits per heavy atom. The van der Waals surface area contributed by atoms with Crippen molar-refractivity contribution in [3.05, 3.63) is 0 Å². The van der Waals surface area contributed by atoms with Crippen LogP contribution in [0.15, 0.2) is 0 Å². The van der Waals surface area contributed by atoms with Crippen molar-refractivity contribution in [2.45, 2.75) is 6.92 Å². The van der Waals surface area contributed by atoms with E-state index in [9.17, 15) is 4.79 Å². The SMILES string of the molecule is CC1CNN(C)C1=O. The number of hydrogen-bond acceptors (Lipinski definition) is 2. The Hall–Kier alpha value is -0.570. The second-order valence-electron chi connectivity index (χ2n) is 2.16. The summed E-state index contributed by atoms with van der Waals surface area (Å²) in [6, 6.07) is 0. The van der Waals surface area contributed by atoms with Crippen molar-refractivity contribution in [2.24, 2.45) is 5.92 Å². The lowest BCUT2D eigenvalue weighted by molar-refractivity contribution is -0.130. The van der Waals surface area contributed by atoms with Gasteiger partial charge in [-0.05, 0) is 0 Å². The Kier molecular flexibility index (Phi) is 1.21. The zero-order chi connectivity index (χ0) is 6.15. The zero-order valence-electron chi connectivity index (χ0n) is 5.14. The summed E-state index contributed by atoms with van der Waals surface area (Å²) < 4.78 is 0. The molecule has 8 heavy (non-hydrogen) atoms. The lowest BCUT2D eigenvalue weighted by atomic mass is 10.2. The maximum Gasteiger partial charge on any atom is 0.240 e. The second kappa shape index (κ2) is 1.74. The number of carbonyl (C=O) groups is 1. The minimum atomic E-state index is 0.167. The number of carbonyl (C=O) groups excluding carboxylic acids is 1. The van der Waals surface area contributed by atoms with Crippen LogP contribution < -0.4 is 5.43 Å². The topological polar surface area (TPSA) is 32.3 Å². The van der Waals surface area contributed by atoms with E-state index in [0.29, 0.717) is 0 Å². The van der Waals surface area contributed by atoms with Gasteiger partial charge < -0.3 is 0 Å². The van der Waals surface area contributed by atoms with Crippen LogP contribution in [0.25, 0.3) is 0 Å². The molecule has 0 radical (unpaired) electrons. The van der Waals surface area contributed by atoms with Gasteiger partial charge in [-0.1, -0.05) is 6.92 Å². The van der Waals surface area contributed by atoms with Crippen molar-refractivity contribution >= 4 is 5.91 Å². The molecule has 0 aliphatic carbocycles. The second-order valence-corrected chi connectivity index (χ2v) is 2.16. The molecule has 0 aromatic heterocycles. The van der Waals surface area contributed by atoms with Gasteiger partial charge in [0.15, 0.2) is 0 Å². The molecule has 1 atom stereocenters. The number of nitrogens with one attached hydrogen (secondary N) is 1. The molecule has 1 aliphatic heterocycles. The van der Waals surface area contributed by atoms with Gasteiger partial charge in [-0.2, -0.15) is 0 Å². The molecule has 0 aromatic carbocycles. The van der Waals surface area contributed by atoms with Crippen LogP contribution in [0.4, 0.5) is 0 Å². The van der Waals surface area contributed by atoms with Gasteiger partial charge >= 0.3 is 0 Å². The minimum Gasteiger partial charge on any atom is -0.281 e. The largest absolute Gasteiger partial charge is 0.281 e. The smallest absolute Gasteiger partial charge is 0.240 e. The summed E-state index contributed by atoms with van der Waals surface area (Å²) in [6.07, 6.45) is 0. The van der Waals surface area contributed by atoms with E-state index in [1.165, 1.54) is 5.01 Å². The highest BCUT2D eigenvalue weighted by molar-refractivity contribution is 5.79. The number of nitrogens with zero attached hydrogens (tertiary/aromatic N) is 1. The molecule has 3 nitrogen and oxygen atoms in total. The van der Waals surface area contributed by atoms with Crippen molar-refractivity contribution in [3.8, 4) is 0 Å². The fraction of sp³-hybridized carbons (Fsp3) is 0.800. The van der Waals surface area contributed by atoms with Crippen molar-refractivity contribution in [2.75, 3.05) is 13.6 Å². The van der Waals surface area contributed by atoms with Gasteiger partial charge in [0.2, 0.25) is 5.91 Å². The highest BCUT2D eigenvalue weighted by atomic mass is 16.2. The third kappa shape index (κ3) is 0.690. The Bertz CT molecular complexity index is 101. The van der Waals surface area contributed by atoms with Gasteiger partial charge in [0, 0.05) is 13.6 Å². The van der Waals surface area contributed by atoms with Gasteiger partial charge in [-0.15, -0.1) is 0 Å². The van der Waals surface area contributed by atoms with Crippen LogP contribution in [0.1, 0.15) is 6.92 Å². The fourth-order valence-electron chi connectivity index (χ4n) is 0.770. The van der Waals surface area contributed by atoms with Gasteiger partial charge in [0.1, 0.15) is 0 Å². The highest BCUT2D eigenvalue weighted by Gasteiger charge is 2.23. The third-order valence-corrected chi connectivity index (χ3v) is 1.39. The van der Waals surface area contributed by atoms with E-state index in [1.807, 2.05) is 6.92 Å². The molecule has 1 amide bonds. The summed E-state index contributed by atoms with van der Waals surface area (Å²) in [5, 5.41) is 1.53. The summed E-state index contributed by atoms with van der Waals surface area (Å²) in [4.78, 5) is 10.8. The van der Waals surface area contributed by atoms with Crippen molar-refractivity contribution in [1.29, 1.82) is 0 Å². The van der Waals surface area contributed by atoms with E-state index in [1.54, 1.807) is 7.05 Å². The summed E-state index contributed by atoms with van der Waals surface area (Å²) in [5.41, 5.74) is 2.90. The normalized spacial score (nSPS) is 29.5. The minimum absolute atomic E-state index is 0.167. The van der Waals surface area contributed by atoms with Crippen LogP contribution in [0.5, 0.6) is 0 Å². The van der Waals surface area contributed by atoms with Crippen LogP contribution in [0.2, 0.25) is 0 Å². The fourth-order valence-corrected chi connectivity index (χ4v) is 0.770. The van der Waals surface area contributed by atoms with Crippen LogP contribution in [0, 0.1) is 5.92 Å². The zero-order valence-corrected chi connectivity index (χ0v) is 5.14. The molecule has 0 aromatic rings. The molecule has 0 saturated carbocycles. The van der Waals surface area contributed by atoms with Crippen LogP contribution in [-0.2, 0) is 4.79 Å². The first kappa shape index (κ1) is 5.56. The highest BCUT2D eigenvalue weighted by Crippen LogP contribution is 2.03. The molecule has 46 valence electrons. The number of amides is 1. The lowest BCUT2D eigenvalue weighted by Gasteiger charge is -2.05. The number of hydrazine groups is 1. The Morgan fingerprint density at radius 1 is 1.88 bits per heavy atom. The molecule has 1 aliphatic rings. The number of rotatable bonds is 0. The van der Waals surface area contributed by atoms with Gasteiger partial charge in [-0.3, -0.25) is 9.80 Å². The molecule has 1 saturated heterocycles. The Balaban J connectivity index is 2.57.